The lowest BCUT2D eigenvalue weighted by Gasteiger charge is -2.20. The van der Waals surface area contributed by atoms with Crippen LogP contribution in [0.1, 0.15) is 213 Å². The second-order valence-corrected chi connectivity index (χ2v) is 20.4. The highest BCUT2D eigenvalue weighted by molar-refractivity contribution is 7.47. The summed E-state index contributed by atoms with van der Waals surface area (Å²) in [6, 6.07) is 0. The maximum atomic E-state index is 12.7. The van der Waals surface area contributed by atoms with Crippen LogP contribution in [0.3, 0.4) is 0 Å². The summed E-state index contributed by atoms with van der Waals surface area (Å²) in [5.74, 6) is -0.585. The number of ether oxygens (including phenoxy) is 2. The first kappa shape index (κ1) is 64.8. The Morgan fingerprint density at radius 3 is 1.61 bits per heavy atom. The van der Waals surface area contributed by atoms with E-state index in [9.17, 15) is 33.5 Å². The van der Waals surface area contributed by atoms with Crippen LogP contribution in [0.15, 0.2) is 48.6 Å². The van der Waals surface area contributed by atoms with Crippen molar-refractivity contribution in [2.24, 2.45) is 5.92 Å². The SMILES string of the molecule is CCCCC/C=C\C/C=C\C/C=C\C=C\C(=O)CCCC(=O)O[C@H](COC(=O)CCCCCCCCCCCCCCCCCCCCC(C)CC)COP(=O)(O)OC[C@@H](O)COP(=O)(O)O. The monoisotopic (exact) mass is 991 g/mol. The molecule has 0 aliphatic rings. The zero-order valence-electron chi connectivity index (χ0n) is 41.7. The molecule has 0 aromatic heterocycles. The predicted molar refractivity (Wildman–Crippen MR) is 267 cm³/mol. The minimum absolute atomic E-state index is 0.0764. The Kier molecular flexibility index (Phi) is 43.4. The molecule has 0 aromatic rings. The number of esters is 2. The number of ketones is 1. The smallest absolute Gasteiger partial charge is 0.462 e. The van der Waals surface area contributed by atoms with Gasteiger partial charge in [-0.15, -0.1) is 0 Å². The minimum atomic E-state index is -4.89. The first-order valence-electron chi connectivity index (χ1n) is 25.7. The van der Waals surface area contributed by atoms with E-state index in [1.165, 1.54) is 128 Å². The molecule has 0 radical (unpaired) electrons. The van der Waals surface area contributed by atoms with E-state index >= 15 is 0 Å². The first-order valence-corrected chi connectivity index (χ1v) is 28.7. The Labute approximate surface area is 405 Å². The van der Waals surface area contributed by atoms with Crippen LogP contribution in [-0.4, -0.2) is 76.1 Å². The number of allylic oxidation sites excluding steroid dienone is 8. The van der Waals surface area contributed by atoms with Crippen LogP contribution in [0.25, 0.3) is 0 Å². The molecular weight excluding hydrogens is 898 g/mol. The Balaban J connectivity index is 4.52. The number of hydrogen-bond acceptors (Lipinski definition) is 11. The van der Waals surface area contributed by atoms with Gasteiger partial charge < -0.3 is 29.3 Å². The minimum Gasteiger partial charge on any atom is -0.462 e. The third-order valence-corrected chi connectivity index (χ3v) is 12.7. The highest BCUT2D eigenvalue weighted by atomic mass is 31.2. The normalized spacial score (nSPS) is 14.6. The van der Waals surface area contributed by atoms with E-state index in [1.807, 2.05) is 6.08 Å². The molecule has 0 fully saturated rings. The number of phosphoric ester groups is 2. The summed E-state index contributed by atoms with van der Waals surface area (Å²) in [5, 5.41) is 9.77. The highest BCUT2D eigenvalue weighted by Crippen LogP contribution is 2.44. The molecule has 0 bridgehead atoms. The second-order valence-electron chi connectivity index (χ2n) is 17.7. The number of carbonyl (C=O) groups excluding carboxylic acids is 3. The van der Waals surface area contributed by atoms with Crippen LogP contribution in [-0.2, 0) is 46.6 Å². The van der Waals surface area contributed by atoms with Crippen molar-refractivity contribution in [2.45, 2.75) is 226 Å². The average Bonchev–Trinajstić information content (AvgIpc) is 3.29. The first-order chi connectivity index (χ1) is 32.2. The van der Waals surface area contributed by atoms with E-state index in [0.29, 0.717) is 6.42 Å². The Hall–Kier alpha value is -2.25. The number of carbonyl (C=O) groups is 3. The maximum Gasteiger partial charge on any atom is 0.472 e. The standard InChI is InChI=1S/C51H92O14P2/c1-4-6-7-8-9-10-11-18-22-25-28-31-34-38-47(52)39-36-41-51(55)65-49(45-64-67(59,60)63-43-48(53)42-62-66(56,57)58)44-61-50(54)40-35-32-29-26-23-20-17-15-13-12-14-16-19-21-24-27-30-33-37-46(3)5-2/h9-10,18,22,28,31,34,38,46,48-49,53H,4-8,11-17,19-21,23-27,29-30,32-33,35-37,39-45H2,1-3H3,(H,59,60)(H2,56,57,58)/b10-9-,22-18-,31-28-,38-34+/t46?,48-,49+/m0/s1. The fourth-order valence-corrected chi connectivity index (χ4v) is 8.08. The van der Waals surface area contributed by atoms with Crippen LogP contribution in [0.2, 0.25) is 0 Å². The molecule has 0 amide bonds. The lowest BCUT2D eigenvalue weighted by atomic mass is 9.99. The van der Waals surface area contributed by atoms with Gasteiger partial charge in [0.2, 0.25) is 0 Å². The van der Waals surface area contributed by atoms with Crippen LogP contribution < -0.4 is 0 Å². The van der Waals surface area contributed by atoms with Gasteiger partial charge in [0, 0.05) is 19.3 Å². The van der Waals surface area contributed by atoms with E-state index in [4.69, 9.17) is 23.8 Å². The summed E-state index contributed by atoms with van der Waals surface area (Å²) in [6.45, 7) is 3.87. The summed E-state index contributed by atoms with van der Waals surface area (Å²) in [4.78, 5) is 65.2. The third-order valence-electron chi connectivity index (χ3n) is 11.2. The molecule has 0 heterocycles. The molecule has 4 N–H and O–H groups in total. The van der Waals surface area contributed by atoms with Gasteiger partial charge in [-0.2, -0.15) is 0 Å². The van der Waals surface area contributed by atoms with Crippen LogP contribution in [0, 0.1) is 5.92 Å². The second kappa shape index (κ2) is 44.9. The van der Waals surface area contributed by atoms with E-state index in [1.54, 1.807) is 12.2 Å². The third kappa shape index (κ3) is 48.6. The molecule has 0 spiro atoms. The van der Waals surface area contributed by atoms with Crippen molar-refractivity contribution in [1.82, 2.24) is 0 Å². The van der Waals surface area contributed by atoms with Crippen molar-refractivity contribution in [1.29, 1.82) is 0 Å². The van der Waals surface area contributed by atoms with E-state index in [0.717, 1.165) is 44.4 Å². The number of phosphoric acid groups is 2. The van der Waals surface area contributed by atoms with Gasteiger partial charge >= 0.3 is 27.6 Å². The topological polar surface area (TPSA) is 212 Å². The molecule has 2 unspecified atom stereocenters. The predicted octanol–water partition coefficient (Wildman–Crippen LogP) is 13.2. The molecule has 4 atom stereocenters. The summed E-state index contributed by atoms with van der Waals surface area (Å²) in [5.41, 5.74) is 0. The molecule has 0 aromatic carbocycles. The Morgan fingerprint density at radius 2 is 1.04 bits per heavy atom. The zero-order chi connectivity index (χ0) is 49.7. The molecule has 67 heavy (non-hydrogen) atoms. The quantitative estimate of drug-likeness (QED) is 0.0112. The van der Waals surface area contributed by atoms with Crippen molar-refractivity contribution < 1.29 is 66.3 Å². The molecule has 0 aliphatic carbocycles. The van der Waals surface area contributed by atoms with Gasteiger partial charge in [0.25, 0.3) is 0 Å². The van der Waals surface area contributed by atoms with Crippen LogP contribution in [0.5, 0.6) is 0 Å². The number of unbranched alkanes of at least 4 members (excludes halogenated alkanes) is 20. The van der Waals surface area contributed by atoms with Crippen molar-refractivity contribution in [3.8, 4) is 0 Å². The number of aliphatic hydroxyl groups is 1. The van der Waals surface area contributed by atoms with E-state index in [-0.39, 0.29) is 31.5 Å². The van der Waals surface area contributed by atoms with Crippen molar-refractivity contribution in [2.75, 3.05) is 26.4 Å². The van der Waals surface area contributed by atoms with Gasteiger partial charge in [-0.3, -0.25) is 28.0 Å². The Morgan fingerprint density at radius 1 is 0.537 bits per heavy atom. The summed E-state index contributed by atoms with van der Waals surface area (Å²) < 4.78 is 47.7. The van der Waals surface area contributed by atoms with Gasteiger partial charge in [-0.25, -0.2) is 9.13 Å². The van der Waals surface area contributed by atoms with Gasteiger partial charge in [0.15, 0.2) is 11.9 Å². The van der Waals surface area contributed by atoms with Crippen molar-refractivity contribution >= 4 is 33.4 Å². The van der Waals surface area contributed by atoms with Crippen LogP contribution >= 0.6 is 15.6 Å². The fraction of sp³-hybridized carbons (Fsp3) is 0.784. The molecule has 0 rings (SSSR count). The molecule has 390 valence electrons. The summed E-state index contributed by atoms with van der Waals surface area (Å²) in [6.07, 6.45) is 43.9. The number of aliphatic hydroxyl groups excluding tert-OH is 1. The van der Waals surface area contributed by atoms with Crippen LogP contribution in [0.4, 0.5) is 0 Å². The van der Waals surface area contributed by atoms with E-state index < -0.39 is 66.2 Å². The van der Waals surface area contributed by atoms with Crippen molar-refractivity contribution in [3.05, 3.63) is 48.6 Å². The molecule has 0 aliphatic heterocycles. The lowest BCUT2D eigenvalue weighted by molar-refractivity contribution is -0.161. The van der Waals surface area contributed by atoms with Gasteiger partial charge in [-0.05, 0) is 50.5 Å². The Bertz CT molecular complexity index is 1440. The molecule has 16 heteroatoms. The van der Waals surface area contributed by atoms with E-state index in [2.05, 4.69) is 54.1 Å². The maximum absolute atomic E-state index is 12.7. The van der Waals surface area contributed by atoms with Gasteiger partial charge in [0.1, 0.15) is 12.7 Å². The molecule has 0 saturated heterocycles. The molecule has 0 saturated carbocycles. The number of rotatable bonds is 48. The van der Waals surface area contributed by atoms with Gasteiger partial charge in [0.05, 0.1) is 19.8 Å². The number of hydrogen-bond donors (Lipinski definition) is 4. The average molecular weight is 991 g/mol. The molecular formula is C51H92O14P2. The largest absolute Gasteiger partial charge is 0.472 e. The van der Waals surface area contributed by atoms with Gasteiger partial charge in [-0.1, -0.05) is 198 Å². The highest BCUT2D eigenvalue weighted by Gasteiger charge is 2.28. The zero-order valence-corrected chi connectivity index (χ0v) is 43.4. The fourth-order valence-electron chi connectivity index (χ4n) is 6.93. The summed E-state index contributed by atoms with van der Waals surface area (Å²) in [7, 11) is -9.77. The lowest BCUT2D eigenvalue weighted by Crippen LogP contribution is -2.30. The van der Waals surface area contributed by atoms with Crippen molar-refractivity contribution in [3.63, 3.8) is 0 Å². The molecule has 14 nitrogen and oxygen atoms in total. The summed E-state index contributed by atoms with van der Waals surface area (Å²) >= 11 is 0.